The SMILES string of the molecule is O=C(NC1CC1OC1CCCCO1)OCc1ccccc1. The summed E-state index contributed by atoms with van der Waals surface area (Å²) in [5.41, 5.74) is 0.979. The van der Waals surface area contributed by atoms with E-state index < -0.39 is 0 Å². The van der Waals surface area contributed by atoms with E-state index in [1.807, 2.05) is 30.3 Å². The van der Waals surface area contributed by atoms with Gasteiger partial charge in [-0.3, -0.25) is 0 Å². The Morgan fingerprint density at radius 2 is 2.14 bits per heavy atom. The molecule has 1 aromatic rings. The number of amides is 1. The average molecular weight is 291 g/mol. The molecule has 3 unspecified atom stereocenters. The summed E-state index contributed by atoms with van der Waals surface area (Å²) in [6.45, 7) is 1.06. The van der Waals surface area contributed by atoms with Crippen molar-refractivity contribution in [1.29, 1.82) is 0 Å². The number of benzene rings is 1. The van der Waals surface area contributed by atoms with Gasteiger partial charge in [-0.2, -0.15) is 0 Å². The molecular weight excluding hydrogens is 270 g/mol. The van der Waals surface area contributed by atoms with Crippen LogP contribution in [0.25, 0.3) is 0 Å². The molecule has 5 nitrogen and oxygen atoms in total. The summed E-state index contributed by atoms with van der Waals surface area (Å²) in [5.74, 6) is 0. The van der Waals surface area contributed by atoms with Crippen molar-refractivity contribution >= 4 is 6.09 Å². The predicted molar refractivity (Wildman–Crippen MR) is 76.6 cm³/mol. The third kappa shape index (κ3) is 4.44. The first-order valence-corrected chi connectivity index (χ1v) is 7.55. The molecule has 2 fully saturated rings. The molecule has 0 aromatic heterocycles. The zero-order chi connectivity index (χ0) is 14.5. The fourth-order valence-electron chi connectivity index (χ4n) is 2.40. The van der Waals surface area contributed by atoms with Crippen LogP contribution in [0.3, 0.4) is 0 Å². The Labute approximate surface area is 124 Å². The molecule has 0 bridgehead atoms. The Morgan fingerprint density at radius 1 is 1.29 bits per heavy atom. The Balaban J connectivity index is 1.33. The smallest absolute Gasteiger partial charge is 0.407 e. The monoisotopic (exact) mass is 291 g/mol. The second-order valence-electron chi connectivity index (χ2n) is 5.52. The fraction of sp³-hybridized carbons (Fsp3) is 0.562. The molecule has 1 amide bonds. The summed E-state index contributed by atoms with van der Waals surface area (Å²) in [5, 5.41) is 2.82. The first-order valence-electron chi connectivity index (χ1n) is 7.55. The van der Waals surface area contributed by atoms with E-state index in [1.54, 1.807) is 0 Å². The number of alkyl carbamates (subject to hydrolysis) is 1. The molecule has 0 spiro atoms. The van der Waals surface area contributed by atoms with Crippen LogP contribution in [-0.2, 0) is 20.8 Å². The van der Waals surface area contributed by atoms with Crippen LogP contribution in [0.2, 0.25) is 0 Å². The zero-order valence-corrected chi connectivity index (χ0v) is 12.0. The Morgan fingerprint density at radius 3 is 2.90 bits per heavy atom. The molecule has 1 aliphatic heterocycles. The number of carbonyl (C=O) groups is 1. The van der Waals surface area contributed by atoms with Gasteiger partial charge in [0.05, 0.1) is 12.1 Å². The Bertz CT molecular complexity index is 459. The van der Waals surface area contributed by atoms with Crippen LogP contribution in [0.5, 0.6) is 0 Å². The number of carbonyl (C=O) groups excluding carboxylic acids is 1. The van der Waals surface area contributed by atoms with Crippen LogP contribution in [0.4, 0.5) is 4.79 Å². The van der Waals surface area contributed by atoms with E-state index in [1.165, 1.54) is 0 Å². The fourth-order valence-corrected chi connectivity index (χ4v) is 2.40. The van der Waals surface area contributed by atoms with E-state index in [4.69, 9.17) is 14.2 Å². The average Bonchev–Trinajstić information content (AvgIpc) is 3.24. The number of hydrogen-bond donors (Lipinski definition) is 1. The minimum absolute atomic E-state index is 0.0544. The largest absolute Gasteiger partial charge is 0.445 e. The molecule has 21 heavy (non-hydrogen) atoms. The van der Waals surface area contributed by atoms with E-state index in [2.05, 4.69) is 5.32 Å². The second kappa shape index (κ2) is 6.91. The number of hydrogen-bond acceptors (Lipinski definition) is 4. The Kier molecular flexibility index (Phi) is 4.72. The minimum atomic E-state index is -0.389. The summed E-state index contributed by atoms with van der Waals surface area (Å²) in [7, 11) is 0. The number of rotatable bonds is 5. The van der Waals surface area contributed by atoms with Gasteiger partial charge >= 0.3 is 6.09 Å². The van der Waals surface area contributed by atoms with Crippen molar-refractivity contribution in [2.75, 3.05) is 6.61 Å². The number of ether oxygens (including phenoxy) is 3. The third-order valence-electron chi connectivity index (χ3n) is 3.71. The molecule has 3 rings (SSSR count). The van der Waals surface area contributed by atoms with Crippen molar-refractivity contribution in [3.8, 4) is 0 Å². The topological polar surface area (TPSA) is 56.8 Å². The summed E-state index contributed by atoms with van der Waals surface area (Å²) in [6.07, 6.45) is 3.61. The first-order chi connectivity index (χ1) is 10.3. The lowest BCUT2D eigenvalue weighted by atomic mass is 10.2. The van der Waals surface area contributed by atoms with E-state index in [0.717, 1.165) is 37.9 Å². The van der Waals surface area contributed by atoms with E-state index in [0.29, 0.717) is 0 Å². The van der Waals surface area contributed by atoms with Gasteiger partial charge in [0.2, 0.25) is 0 Å². The van der Waals surface area contributed by atoms with E-state index in [9.17, 15) is 4.79 Å². The third-order valence-corrected chi connectivity index (χ3v) is 3.71. The maximum atomic E-state index is 11.7. The van der Waals surface area contributed by atoms with Gasteiger partial charge in [-0.05, 0) is 31.2 Å². The standard InChI is InChI=1S/C16H21NO4/c18-16(20-11-12-6-2-1-3-7-12)17-13-10-14(13)21-15-8-4-5-9-19-15/h1-3,6-7,13-15H,4-5,8-11H2,(H,17,18). The van der Waals surface area contributed by atoms with E-state index >= 15 is 0 Å². The quantitative estimate of drug-likeness (QED) is 0.906. The lowest BCUT2D eigenvalue weighted by molar-refractivity contribution is -0.169. The van der Waals surface area contributed by atoms with E-state index in [-0.39, 0.29) is 31.1 Å². The van der Waals surface area contributed by atoms with Gasteiger partial charge < -0.3 is 19.5 Å². The number of nitrogens with one attached hydrogen (secondary N) is 1. The van der Waals surface area contributed by atoms with Crippen LogP contribution in [-0.4, -0.2) is 31.1 Å². The first kappa shape index (κ1) is 14.4. The second-order valence-corrected chi connectivity index (χ2v) is 5.52. The molecule has 114 valence electrons. The molecule has 1 aliphatic carbocycles. The van der Waals surface area contributed by atoms with Crippen LogP contribution in [0.15, 0.2) is 30.3 Å². The van der Waals surface area contributed by atoms with Gasteiger partial charge in [0, 0.05) is 6.61 Å². The molecule has 1 aromatic carbocycles. The lowest BCUT2D eigenvalue weighted by Gasteiger charge is -2.22. The molecular formula is C16H21NO4. The highest BCUT2D eigenvalue weighted by molar-refractivity contribution is 5.68. The summed E-state index contributed by atoms with van der Waals surface area (Å²) < 4.78 is 16.5. The molecule has 3 atom stereocenters. The van der Waals surface area contributed by atoms with Crippen LogP contribution in [0, 0.1) is 0 Å². The normalized spacial score (nSPS) is 27.9. The molecule has 1 N–H and O–H groups in total. The van der Waals surface area contributed by atoms with Crippen molar-refractivity contribution in [3.63, 3.8) is 0 Å². The van der Waals surface area contributed by atoms with Crippen molar-refractivity contribution < 1.29 is 19.0 Å². The Hall–Kier alpha value is -1.59. The minimum Gasteiger partial charge on any atom is -0.445 e. The highest BCUT2D eigenvalue weighted by Crippen LogP contribution is 2.29. The summed E-state index contributed by atoms with van der Waals surface area (Å²) >= 11 is 0. The molecule has 1 saturated heterocycles. The van der Waals surface area contributed by atoms with Crippen molar-refractivity contribution in [2.45, 2.75) is 50.7 Å². The lowest BCUT2D eigenvalue weighted by Crippen LogP contribution is -2.31. The van der Waals surface area contributed by atoms with Gasteiger partial charge in [-0.15, -0.1) is 0 Å². The van der Waals surface area contributed by atoms with Crippen LogP contribution < -0.4 is 5.32 Å². The van der Waals surface area contributed by atoms with Crippen molar-refractivity contribution in [3.05, 3.63) is 35.9 Å². The highest BCUT2D eigenvalue weighted by Gasteiger charge is 2.42. The molecule has 2 aliphatic rings. The van der Waals surface area contributed by atoms with Gasteiger partial charge in [-0.25, -0.2) is 4.79 Å². The molecule has 5 heteroatoms. The zero-order valence-electron chi connectivity index (χ0n) is 12.0. The molecule has 1 heterocycles. The maximum absolute atomic E-state index is 11.7. The van der Waals surface area contributed by atoms with Crippen LogP contribution in [0.1, 0.15) is 31.2 Å². The summed E-state index contributed by atoms with van der Waals surface area (Å²) in [6, 6.07) is 9.69. The van der Waals surface area contributed by atoms with Crippen molar-refractivity contribution in [1.82, 2.24) is 5.32 Å². The summed E-state index contributed by atoms with van der Waals surface area (Å²) in [4.78, 5) is 11.7. The van der Waals surface area contributed by atoms with Crippen LogP contribution >= 0.6 is 0 Å². The van der Waals surface area contributed by atoms with Gasteiger partial charge in [-0.1, -0.05) is 30.3 Å². The van der Waals surface area contributed by atoms with Gasteiger partial charge in [0.1, 0.15) is 6.61 Å². The molecule has 1 saturated carbocycles. The maximum Gasteiger partial charge on any atom is 0.407 e. The van der Waals surface area contributed by atoms with Crippen molar-refractivity contribution in [2.24, 2.45) is 0 Å². The highest BCUT2D eigenvalue weighted by atomic mass is 16.7. The molecule has 0 radical (unpaired) electrons. The predicted octanol–water partition coefficient (Wildman–Crippen LogP) is 2.60. The van der Waals surface area contributed by atoms with Gasteiger partial charge in [0.15, 0.2) is 6.29 Å². The van der Waals surface area contributed by atoms with Gasteiger partial charge in [0.25, 0.3) is 0 Å².